The Morgan fingerprint density at radius 1 is 0.625 bits per heavy atom. The Labute approximate surface area is 142 Å². The minimum absolute atomic E-state index is 0.854. The number of hydrogen-bond acceptors (Lipinski definition) is 1. The second-order valence-corrected chi connectivity index (χ2v) is 5.88. The number of benzene rings is 3. The highest BCUT2D eigenvalue weighted by Gasteiger charge is 2.01. The maximum absolute atomic E-state index is 4.08. The molecule has 0 fully saturated rings. The molecule has 0 amide bonds. The van der Waals surface area contributed by atoms with Crippen LogP contribution in [0.3, 0.4) is 0 Å². The summed E-state index contributed by atoms with van der Waals surface area (Å²) >= 11 is 0. The van der Waals surface area contributed by atoms with Gasteiger partial charge in [0.05, 0.1) is 6.33 Å². The summed E-state index contributed by atoms with van der Waals surface area (Å²) in [6.45, 7) is 0.854. The van der Waals surface area contributed by atoms with E-state index in [9.17, 15) is 0 Å². The molecule has 1 heterocycles. The van der Waals surface area contributed by atoms with Gasteiger partial charge in [-0.15, -0.1) is 0 Å². The Morgan fingerprint density at radius 3 is 1.71 bits per heavy atom. The van der Waals surface area contributed by atoms with E-state index in [-0.39, 0.29) is 0 Å². The Hall–Kier alpha value is -3.13. The number of hydrogen-bond donors (Lipinski definition) is 0. The molecule has 2 nitrogen and oxygen atoms in total. The predicted molar refractivity (Wildman–Crippen MR) is 98.6 cm³/mol. The van der Waals surface area contributed by atoms with Crippen molar-refractivity contribution < 1.29 is 0 Å². The van der Waals surface area contributed by atoms with E-state index in [1.165, 1.54) is 27.8 Å². The second-order valence-electron chi connectivity index (χ2n) is 5.88. The molecule has 0 saturated carbocycles. The van der Waals surface area contributed by atoms with Crippen LogP contribution in [0.4, 0.5) is 0 Å². The van der Waals surface area contributed by atoms with Crippen molar-refractivity contribution in [3.8, 4) is 22.3 Å². The molecule has 3 aromatic carbocycles. The maximum Gasteiger partial charge on any atom is 0.0949 e. The van der Waals surface area contributed by atoms with Crippen molar-refractivity contribution in [1.29, 1.82) is 0 Å². The normalized spacial score (nSPS) is 10.7. The molecule has 0 aliphatic carbocycles. The summed E-state index contributed by atoms with van der Waals surface area (Å²) in [5.74, 6) is 0. The molecule has 24 heavy (non-hydrogen) atoms. The topological polar surface area (TPSA) is 17.8 Å². The van der Waals surface area contributed by atoms with Gasteiger partial charge in [0, 0.05) is 18.9 Å². The molecule has 0 unspecified atom stereocenters. The summed E-state index contributed by atoms with van der Waals surface area (Å²) < 4.78 is 2.07. The molecule has 4 aromatic rings. The average molecular weight is 310 g/mol. The zero-order valence-electron chi connectivity index (χ0n) is 13.3. The molecule has 0 N–H and O–H groups in total. The van der Waals surface area contributed by atoms with Crippen molar-refractivity contribution in [2.45, 2.75) is 6.54 Å². The average Bonchev–Trinajstić information content (AvgIpc) is 3.16. The van der Waals surface area contributed by atoms with Gasteiger partial charge in [-0.25, -0.2) is 4.98 Å². The smallest absolute Gasteiger partial charge is 0.0949 e. The van der Waals surface area contributed by atoms with Crippen LogP contribution in [0.15, 0.2) is 97.6 Å². The molecule has 0 aliphatic rings. The van der Waals surface area contributed by atoms with Gasteiger partial charge in [0.15, 0.2) is 0 Å². The third-order valence-electron chi connectivity index (χ3n) is 4.20. The van der Waals surface area contributed by atoms with E-state index in [2.05, 4.69) is 82.3 Å². The predicted octanol–water partition coefficient (Wildman–Crippen LogP) is 5.27. The lowest BCUT2D eigenvalue weighted by Crippen LogP contribution is -1.95. The fraction of sp³-hybridized carbons (Fsp3) is 0.0455. The number of aromatic nitrogens is 2. The van der Waals surface area contributed by atoms with E-state index in [4.69, 9.17) is 0 Å². The molecule has 0 spiro atoms. The molecular formula is C22H18N2. The van der Waals surface area contributed by atoms with Gasteiger partial charge in [0.1, 0.15) is 0 Å². The summed E-state index contributed by atoms with van der Waals surface area (Å²) in [5.41, 5.74) is 6.25. The molecule has 116 valence electrons. The first-order valence-corrected chi connectivity index (χ1v) is 8.09. The fourth-order valence-electron chi connectivity index (χ4n) is 2.88. The van der Waals surface area contributed by atoms with Gasteiger partial charge in [-0.3, -0.25) is 0 Å². The molecule has 0 atom stereocenters. The van der Waals surface area contributed by atoms with Crippen molar-refractivity contribution in [3.05, 3.63) is 103 Å². The van der Waals surface area contributed by atoms with Gasteiger partial charge in [-0.1, -0.05) is 78.9 Å². The second kappa shape index (κ2) is 6.55. The van der Waals surface area contributed by atoms with Gasteiger partial charge in [0.25, 0.3) is 0 Å². The number of imidazole rings is 1. The van der Waals surface area contributed by atoms with Crippen LogP contribution >= 0.6 is 0 Å². The molecule has 4 rings (SSSR count). The molecule has 0 radical (unpaired) electrons. The molecule has 0 bridgehead atoms. The first kappa shape index (κ1) is 14.5. The standard InChI is InChI=1S/C22H18N2/c1-2-4-19(5-3-1)21-10-12-22(13-11-21)20-8-6-18(7-9-20)16-24-15-14-23-17-24/h1-15,17H,16H2. The van der Waals surface area contributed by atoms with Crippen LogP contribution in [0.1, 0.15) is 5.56 Å². The van der Waals surface area contributed by atoms with Crippen molar-refractivity contribution in [2.75, 3.05) is 0 Å². The third-order valence-corrected chi connectivity index (χ3v) is 4.20. The number of nitrogens with zero attached hydrogens (tertiary/aromatic N) is 2. The molecule has 1 aromatic heterocycles. The lowest BCUT2D eigenvalue weighted by Gasteiger charge is -2.07. The van der Waals surface area contributed by atoms with Crippen LogP contribution in [0, 0.1) is 0 Å². The Kier molecular flexibility index (Phi) is 3.95. The first-order chi connectivity index (χ1) is 11.9. The van der Waals surface area contributed by atoms with Gasteiger partial charge >= 0.3 is 0 Å². The van der Waals surface area contributed by atoms with E-state index < -0.39 is 0 Å². The summed E-state index contributed by atoms with van der Waals surface area (Å²) in [5, 5.41) is 0. The first-order valence-electron chi connectivity index (χ1n) is 8.09. The third kappa shape index (κ3) is 3.13. The molecular weight excluding hydrogens is 292 g/mol. The SMILES string of the molecule is c1ccc(-c2ccc(-c3ccc(Cn4ccnc4)cc3)cc2)cc1. The van der Waals surface area contributed by atoms with Crippen LogP contribution in [0.5, 0.6) is 0 Å². The number of rotatable bonds is 4. The van der Waals surface area contributed by atoms with Crippen molar-refractivity contribution >= 4 is 0 Å². The van der Waals surface area contributed by atoms with Gasteiger partial charge < -0.3 is 4.57 Å². The van der Waals surface area contributed by atoms with Crippen LogP contribution in [0.25, 0.3) is 22.3 Å². The van der Waals surface area contributed by atoms with E-state index >= 15 is 0 Å². The van der Waals surface area contributed by atoms with Crippen LogP contribution in [0.2, 0.25) is 0 Å². The fourth-order valence-corrected chi connectivity index (χ4v) is 2.88. The monoisotopic (exact) mass is 310 g/mol. The highest BCUT2D eigenvalue weighted by molar-refractivity contribution is 5.70. The van der Waals surface area contributed by atoms with Gasteiger partial charge in [-0.2, -0.15) is 0 Å². The zero-order chi connectivity index (χ0) is 16.2. The minimum Gasteiger partial charge on any atom is -0.333 e. The highest BCUT2D eigenvalue weighted by Crippen LogP contribution is 2.25. The van der Waals surface area contributed by atoms with E-state index in [0.717, 1.165) is 6.54 Å². The minimum atomic E-state index is 0.854. The molecule has 0 saturated heterocycles. The van der Waals surface area contributed by atoms with E-state index in [1.54, 1.807) is 0 Å². The largest absolute Gasteiger partial charge is 0.333 e. The maximum atomic E-state index is 4.08. The summed E-state index contributed by atoms with van der Waals surface area (Å²) in [6.07, 6.45) is 5.63. The van der Waals surface area contributed by atoms with Crippen molar-refractivity contribution in [1.82, 2.24) is 9.55 Å². The Morgan fingerprint density at radius 2 is 1.17 bits per heavy atom. The lowest BCUT2D eigenvalue weighted by molar-refractivity contribution is 0.797. The van der Waals surface area contributed by atoms with Gasteiger partial charge in [-0.05, 0) is 27.8 Å². The van der Waals surface area contributed by atoms with Gasteiger partial charge in [0.2, 0.25) is 0 Å². The summed E-state index contributed by atoms with van der Waals surface area (Å²) in [4.78, 5) is 4.08. The van der Waals surface area contributed by atoms with Crippen LogP contribution in [-0.4, -0.2) is 9.55 Å². The quantitative estimate of drug-likeness (QED) is 0.502. The van der Waals surface area contributed by atoms with Crippen LogP contribution < -0.4 is 0 Å². The van der Waals surface area contributed by atoms with Crippen molar-refractivity contribution in [3.63, 3.8) is 0 Å². The Balaban J connectivity index is 1.53. The summed E-state index contributed by atoms with van der Waals surface area (Å²) in [7, 11) is 0. The lowest BCUT2D eigenvalue weighted by atomic mass is 10.00. The molecule has 0 aliphatic heterocycles. The zero-order valence-corrected chi connectivity index (χ0v) is 13.3. The van der Waals surface area contributed by atoms with E-state index in [1.807, 2.05) is 24.8 Å². The highest BCUT2D eigenvalue weighted by atomic mass is 15.0. The Bertz CT molecular complexity index is 891. The van der Waals surface area contributed by atoms with E-state index in [0.29, 0.717) is 0 Å². The van der Waals surface area contributed by atoms with Crippen molar-refractivity contribution in [2.24, 2.45) is 0 Å². The van der Waals surface area contributed by atoms with Crippen LogP contribution in [-0.2, 0) is 6.54 Å². The summed E-state index contributed by atoms with van der Waals surface area (Å²) in [6, 6.07) is 27.9. The molecule has 2 heteroatoms.